The van der Waals surface area contributed by atoms with E-state index in [0.717, 1.165) is 89.9 Å². The fraction of sp³-hybridized carbons (Fsp3) is 0.679. The number of quaternary nitrogens is 1. The Bertz CT molecular complexity index is 1360. The van der Waals surface area contributed by atoms with Gasteiger partial charge < -0.3 is 24.9 Å². The predicted molar refractivity (Wildman–Crippen MR) is 268 cm³/mol. The number of hydrogen-bond acceptors (Lipinski definition) is 6. The number of phosphoric acid groups is 1. The van der Waals surface area contributed by atoms with Crippen LogP contribution in [0.4, 0.5) is 0 Å². The predicted octanol–water partition coefficient (Wildman–Crippen LogP) is 13.3. The van der Waals surface area contributed by atoms with Crippen LogP contribution < -0.4 is 5.32 Å². The lowest BCUT2D eigenvalue weighted by molar-refractivity contribution is -0.870. The molecule has 0 rings (SSSR count). The van der Waals surface area contributed by atoms with Gasteiger partial charge in [-0.2, -0.15) is 0 Å². The highest BCUT2D eigenvalue weighted by molar-refractivity contribution is 7.47. The van der Waals surface area contributed by atoms with Crippen molar-refractivity contribution in [1.29, 1.82) is 0 Å². The summed E-state index contributed by atoms with van der Waals surface area (Å²) >= 11 is 0. The number of nitrogens with one attached hydrogen (secondary N) is 1. The third-order valence-corrected chi connectivity index (χ3v) is 11.4. The van der Waals surface area contributed by atoms with Crippen molar-refractivity contribution in [2.75, 3.05) is 40.9 Å². The first-order valence-corrected chi connectivity index (χ1v) is 26.2. The molecule has 0 heterocycles. The number of likely N-dealkylation sites (N-methyl/N-ethyl adjacent to an activating group) is 1. The van der Waals surface area contributed by atoms with Crippen LogP contribution in [-0.2, 0) is 18.4 Å². The average Bonchev–Trinajstić information content (AvgIpc) is 3.24. The molecule has 4 atom stereocenters. The van der Waals surface area contributed by atoms with Crippen LogP contribution >= 0.6 is 7.82 Å². The van der Waals surface area contributed by atoms with E-state index in [0.29, 0.717) is 30.3 Å². The van der Waals surface area contributed by atoms with Crippen LogP contribution in [0.2, 0.25) is 0 Å². The largest absolute Gasteiger partial charge is 0.472 e. The molecule has 0 fully saturated rings. The maximum absolute atomic E-state index is 12.9. The number of rotatable bonds is 43. The Balaban J connectivity index is 4.44. The molecule has 0 aliphatic rings. The van der Waals surface area contributed by atoms with Crippen LogP contribution in [0.3, 0.4) is 0 Å². The van der Waals surface area contributed by atoms with Crippen molar-refractivity contribution in [1.82, 2.24) is 5.32 Å². The van der Waals surface area contributed by atoms with Gasteiger partial charge in [-0.05, 0) is 96.3 Å². The van der Waals surface area contributed by atoms with E-state index in [1.807, 2.05) is 21.1 Å². The zero-order chi connectivity index (χ0) is 46.5. The van der Waals surface area contributed by atoms with Crippen LogP contribution in [0, 0.1) is 0 Å². The van der Waals surface area contributed by atoms with Crippen LogP contribution in [0.5, 0.6) is 0 Å². The fourth-order valence-corrected chi connectivity index (χ4v) is 7.21. The SMILES string of the molecule is CC/C=C\C/C=C\C/C=C\C/C=C\C/C=C\C/C=C\C/C=C\CCCCCCCC(=O)NC(COP(=O)(O)OCC[N+](C)(C)C)C(O)C(O)CCC/C=C/CCCCCCCCC. The molecule has 4 unspecified atom stereocenters. The van der Waals surface area contributed by atoms with Gasteiger partial charge in [-0.15, -0.1) is 0 Å². The summed E-state index contributed by atoms with van der Waals surface area (Å²) in [5.74, 6) is -0.292. The lowest BCUT2D eigenvalue weighted by Crippen LogP contribution is -2.51. The second kappa shape index (κ2) is 43.3. The van der Waals surface area contributed by atoms with E-state index in [4.69, 9.17) is 9.05 Å². The van der Waals surface area contributed by atoms with Crippen molar-refractivity contribution in [2.45, 2.75) is 193 Å². The van der Waals surface area contributed by atoms with Gasteiger partial charge in [0.15, 0.2) is 0 Å². The number of nitrogens with zero attached hydrogens (tertiary/aromatic N) is 1. The van der Waals surface area contributed by atoms with E-state index in [2.05, 4.69) is 116 Å². The lowest BCUT2D eigenvalue weighted by atomic mass is 10.0. The summed E-state index contributed by atoms with van der Waals surface area (Å²) in [6.45, 7) is 4.42. The summed E-state index contributed by atoms with van der Waals surface area (Å²) in [5.41, 5.74) is 0. The highest BCUT2D eigenvalue weighted by Crippen LogP contribution is 2.43. The van der Waals surface area contributed by atoms with E-state index in [1.165, 1.54) is 44.9 Å². The number of allylic oxidation sites excluding steroid dienone is 16. The van der Waals surface area contributed by atoms with Crippen molar-refractivity contribution in [3.8, 4) is 0 Å². The van der Waals surface area contributed by atoms with Crippen LogP contribution in [-0.4, -0.2) is 84.6 Å². The van der Waals surface area contributed by atoms with Crippen molar-refractivity contribution < 1.29 is 38.0 Å². The number of carbonyl (C=O) groups is 1. The summed E-state index contributed by atoms with van der Waals surface area (Å²) in [5, 5.41) is 24.7. The number of hydrogen-bond donors (Lipinski definition) is 4. The molecule has 0 saturated carbocycles. The molecule has 0 aromatic rings. The third-order valence-electron chi connectivity index (χ3n) is 10.4. The number of amides is 1. The quantitative estimate of drug-likeness (QED) is 0.0208. The molecular formula is C53H94N2O7P+. The minimum Gasteiger partial charge on any atom is -0.390 e. The molecule has 1 amide bonds. The summed E-state index contributed by atoms with van der Waals surface area (Å²) in [6, 6.07) is -1.07. The summed E-state index contributed by atoms with van der Waals surface area (Å²) in [4.78, 5) is 23.2. The summed E-state index contributed by atoms with van der Waals surface area (Å²) in [7, 11) is 1.39. The third kappa shape index (κ3) is 44.4. The van der Waals surface area contributed by atoms with E-state index >= 15 is 0 Å². The lowest BCUT2D eigenvalue weighted by Gasteiger charge is -2.28. The highest BCUT2D eigenvalue weighted by atomic mass is 31.2. The van der Waals surface area contributed by atoms with Crippen LogP contribution in [0.25, 0.3) is 0 Å². The summed E-state index contributed by atoms with van der Waals surface area (Å²) in [6.07, 6.45) is 57.6. The Morgan fingerprint density at radius 3 is 1.46 bits per heavy atom. The van der Waals surface area contributed by atoms with Crippen molar-refractivity contribution in [2.24, 2.45) is 0 Å². The van der Waals surface area contributed by atoms with Crippen molar-refractivity contribution >= 4 is 13.7 Å². The topological polar surface area (TPSA) is 125 Å². The Kier molecular flexibility index (Phi) is 41.5. The minimum absolute atomic E-state index is 0.00652. The van der Waals surface area contributed by atoms with Gasteiger partial charge >= 0.3 is 7.82 Å². The molecule has 362 valence electrons. The maximum Gasteiger partial charge on any atom is 0.472 e. The zero-order valence-corrected chi connectivity index (χ0v) is 41.5. The molecule has 0 aromatic heterocycles. The molecule has 9 nitrogen and oxygen atoms in total. The van der Waals surface area contributed by atoms with Crippen LogP contribution in [0.1, 0.15) is 174 Å². The first-order chi connectivity index (χ1) is 30.4. The molecule has 0 aromatic carbocycles. The van der Waals surface area contributed by atoms with E-state index < -0.39 is 32.7 Å². The van der Waals surface area contributed by atoms with Gasteiger partial charge in [0, 0.05) is 6.42 Å². The maximum atomic E-state index is 12.9. The molecule has 0 radical (unpaired) electrons. The molecule has 10 heteroatoms. The van der Waals surface area contributed by atoms with Crippen LogP contribution in [0.15, 0.2) is 97.2 Å². The Hall–Kier alpha value is -2.62. The van der Waals surface area contributed by atoms with E-state index in [9.17, 15) is 24.5 Å². The smallest absolute Gasteiger partial charge is 0.390 e. The first kappa shape index (κ1) is 60.4. The van der Waals surface area contributed by atoms with Gasteiger partial charge in [0.25, 0.3) is 0 Å². The standard InChI is InChI=1S/C53H93N2O7P/c1-6-8-10-12-14-16-18-20-21-22-23-24-25-26-27-28-29-30-31-32-33-34-36-38-40-42-44-46-52(57)54-50(49-62-63(59,60)61-48-47-55(3,4)5)53(58)51(56)45-43-41-39-37-35-19-17-15-13-11-9-7-2/h8,10,14,16,20-21,23-24,26-27,29-30,32-33,37,39,50-51,53,56,58H,6-7,9,11-13,15,17-19,22,25,28,31,34-36,38,40-49H2,1-5H3,(H-,54,57,59,60)/p+1/b10-8-,16-14-,21-20-,24-23-,27-26-,30-29-,33-32-,39-37+. The zero-order valence-electron chi connectivity index (χ0n) is 40.6. The van der Waals surface area contributed by atoms with Crippen molar-refractivity contribution in [3.63, 3.8) is 0 Å². The Labute approximate surface area is 386 Å². The Morgan fingerprint density at radius 1 is 0.571 bits per heavy atom. The van der Waals surface area contributed by atoms with E-state index in [-0.39, 0.29) is 18.9 Å². The fourth-order valence-electron chi connectivity index (χ4n) is 6.47. The number of aliphatic hydroxyl groups excluding tert-OH is 2. The first-order valence-electron chi connectivity index (χ1n) is 24.7. The van der Waals surface area contributed by atoms with Gasteiger partial charge in [-0.3, -0.25) is 13.8 Å². The molecule has 63 heavy (non-hydrogen) atoms. The normalized spacial score (nSPS) is 15.5. The molecule has 0 saturated heterocycles. The molecule has 0 aliphatic heterocycles. The molecule has 0 bridgehead atoms. The summed E-state index contributed by atoms with van der Waals surface area (Å²) < 4.78 is 23.5. The van der Waals surface area contributed by atoms with Crippen molar-refractivity contribution in [3.05, 3.63) is 97.2 Å². The molecule has 4 N–H and O–H groups in total. The number of unbranched alkanes of at least 4 members (excludes halogenated alkanes) is 13. The minimum atomic E-state index is -4.44. The average molecular weight is 902 g/mol. The number of phosphoric ester groups is 1. The molecule has 0 aliphatic carbocycles. The molecular weight excluding hydrogens is 808 g/mol. The number of aliphatic hydroxyl groups is 2. The van der Waals surface area contributed by atoms with Gasteiger partial charge in [-0.25, -0.2) is 4.57 Å². The van der Waals surface area contributed by atoms with Gasteiger partial charge in [0.1, 0.15) is 19.3 Å². The van der Waals surface area contributed by atoms with Gasteiger partial charge in [-0.1, -0.05) is 169 Å². The highest BCUT2D eigenvalue weighted by Gasteiger charge is 2.31. The second-order valence-corrected chi connectivity index (χ2v) is 19.0. The van der Waals surface area contributed by atoms with E-state index in [1.54, 1.807) is 0 Å². The number of carbonyl (C=O) groups excluding carboxylic acids is 1. The van der Waals surface area contributed by atoms with Gasteiger partial charge in [0.2, 0.25) is 5.91 Å². The Morgan fingerprint density at radius 2 is 0.984 bits per heavy atom. The second-order valence-electron chi connectivity index (χ2n) is 17.6. The monoisotopic (exact) mass is 902 g/mol. The van der Waals surface area contributed by atoms with Gasteiger partial charge in [0.05, 0.1) is 39.9 Å². The molecule has 0 spiro atoms.